The van der Waals surface area contributed by atoms with Crippen molar-refractivity contribution in [3.63, 3.8) is 0 Å². The SMILES string of the molecule is CCCC(C)(Nc1ccc(Br)cc1C(N)=O)C(=O)O. The summed E-state index contributed by atoms with van der Waals surface area (Å²) in [7, 11) is 0. The fourth-order valence-electron chi connectivity index (χ4n) is 1.85. The highest BCUT2D eigenvalue weighted by Crippen LogP contribution is 2.26. The number of nitrogens with two attached hydrogens (primary N) is 1. The van der Waals surface area contributed by atoms with Crippen molar-refractivity contribution >= 4 is 33.5 Å². The molecule has 1 amide bonds. The summed E-state index contributed by atoms with van der Waals surface area (Å²) in [4.78, 5) is 22.8. The highest BCUT2D eigenvalue weighted by molar-refractivity contribution is 9.10. The normalized spacial score (nSPS) is 13.6. The molecule has 0 saturated heterocycles. The number of carbonyl (C=O) groups is 2. The molecule has 0 bridgehead atoms. The predicted octanol–water partition coefficient (Wildman–Crippen LogP) is 2.60. The van der Waals surface area contributed by atoms with E-state index in [1.54, 1.807) is 25.1 Å². The van der Waals surface area contributed by atoms with Crippen LogP contribution < -0.4 is 11.1 Å². The van der Waals surface area contributed by atoms with Gasteiger partial charge in [0.2, 0.25) is 0 Å². The Balaban J connectivity index is 3.16. The lowest BCUT2D eigenvalue weighted by atomic mass is 9.95. The molecule has 0 aliphatic heterocycles. The summed E-state index contributed by atoms with van der Waals surface area (Å²) in [6, 6.07) is 4.93. The quantitative estimate of drug-likeness (QED) is 0.748. The maximum Gasteiger partial charge on any atom is 0.329 e. The summed E-state index contributed by atoms with van der Waals surface area (Å²) >= 11 is 3.25. The van der Waals surface area contributed by atoms with E-state index in [1.165, 1.54) is 0 Å². The first kappa shape index (κ1) is 15.5. The fraction of sp³-hybridized carbons (Fsp3) is 0.385. The number of carboxylic acids is 1. The van der Waals surface area contributed by atoms with Gasteiger partial charge < -0.3 is 16.2 Å². The largest absolute Gasteiger partial charge is 0.480 e. The summed E-state index contributed by atoms with van der Waals surface area (Å²) in [6.45, 7) is 3.49. The van der Waals surface area contributed by atoms with E-state index >= 15 is 0 Å². The monoisotopic (exact) mass is 328 g/mol. The molecule has 1 rings (SSSR count). The summed E-state index contributed by atoms with van der Waals surface area (Å²) in [5.74, 6) is -1.57. The highest BCUT2D eigenvalue weighted by atomic mass is 79.9. The Labute approximate surface area is 120 Å². The van der Waals surface area contributed by atoms with Crippen LogP contribution in [0, 0.1) is 0 Å². The third kappa shape index (κ3) is 3.70. The maximum absolute atomic E-state index is 11.4. The molecule has 0 radical (unpaired) electrons. The number of aliphatic carboxylic acids is 1. The van der Waals surface area contributed by atoms with Crippen LogP contribution in [0.25, 0.3) is 0 Å². The van der Waals surface area contributed by atoms with Gasteiger partial charge in [0.1, 0.15) is 5.54 Å². The van der Waals surface area contributed by atoms with Gasteiger partial charge in [-0.15, -0.1) is 0 Å². The predicted molar refractivity (Wildman–Crippen MR) is 77.2 cm³/mol. The van der Waals surface area contributed by atoms with Gasteiger partial charge in [-0.3, -0.25) is 4.79 Å². The number of carbonyl (C=O) groups excluding carboxylic acids is 1. The standard InChI is InChI=1S/C13H17BrN2O3/c1-3-6-13(2,12(18)19)16-10-5-4-8(14)7-9(10)11(15)17/h4-5,7,16H,3,6H2,1-2H3,(H2,15,17)(H,18,19). The molecule has 0 aliphatic rings. The summed E-state index contributed by atoms with van der Waals surface area (Å²) in [5, 5.41) is 12.2. The molecule has 1 aromatic carbocycles. The van der Waals surface area contributed by atoms with Gasteiger partial charge in [-0.25, -0.2) is 4.79 Å². The Morgan fingerprint density at radius 2 is 2.11 bits per heavy atom. The molecule has 6 heteroatoms. The number of rotatable bonds is 6. The van der Waals surface area contributed by atoms with Crippen LogP contribution in [0.2, 0.25) is 0 Å². The van der Waals surface area contributed by atoms with Gasteiger partial charge in [0, 0.05) is 10.2 Å². The fourth-order valence-corrected chi connectivity index (χ4v) is 2.21. The topological polar surface area (TPSA) is 92.4 Å². The van der Waals surface area contributed by atoms with Crippen molar-refractivity contribution in [2.75, 3.05) is 5.32 Å². The van der Waals surface area contributed by atoms with Crippen LogP contribution in [0.1, 0.15) is 37.0 Å². The van der Waals surface area contributed by atoms with Crippen LogP contribution in [-0.4, -0.2) is 22.5 Å². The van der Waals surface area contributed by atoms with Crippen molar-refractivity contribution in [2.45, 2.75) is 32.2 Å². The lowest BCUT2D eigenvalue weighted by Crippen LogP contribution is -2.43. The van der Waals surface area contributed by atoms with Gasteiger partial charge in [-0.1, -0.05) is 29.3 Å². The molecule has 4 N–H and O–H groups in total. The number of primary amides is 1. The van der Waals surface area contributed by atoms with Crippen LogP contribution in [0.5, 0.6) is 0 Å². The Hall–Kier alpha value is -1.56. The summed E-state index contributed by atoms with van der Waals surface area (Å²) in [6.07, 6.45) is 1.15. The van der Waals surface area contributed by atoms with Crippen LogP contribution >= 0.6 is 15.9 Å². The van der Waals surface area contributed by atoms with Crippen molar-refractivity contribution < 1.29 is 14.7 Å². The van der Waals surface area contributed by atoms with Gasteiger partial charge in [0.25, 0.3) is 5.91 Å². The van der Waals surface area contributed by atoms with Crippen molar-refractivity contribution in [1.82, 2.24) is 0 Å². The number of amides is 1. The Bertz CT molecular complexity index is 505. The molecule has 1 atom stereocenters. The number of anilines is 1. The maximum atomic E-state index is 11.4. The molecule has 0 aromatic heterocycles. The smallest absolute Gasteiger partial charge is 0.329 e. The Kier molecular flexibility index (Phi) is 4.94. The lowest BCUT2D eigenvalue weighted by Gasteiger charge is -2.28. The number of hydrogen-bond acceptors (Lipinski definition) is 3. The third-order valence-corrected chi connectivity index (χ3v) is 3.37. The average Bonchev–Trinajstić information content (AvgIpc) is 2.31. The van der Waals surface area contributed by atoms with Crippen LogP contribution in [0.4, 0.5) is 5.69 Å². The van der Waals surface area contributed by atoms with E-state index in [2.05, 4.69) is 21.2 Å². The minimum Gasteiger partial charge on any atom is -0.480 e. The first-order valence-corrected chi connectivity index (χ1v) is 6.70. The van der Waals surface area contributed by atoms with Gasteiger partial charge >= 0.3 is 5.97 Å². The van der Waals surface area contributed by atoms with Crippen molar-refractivity contribution in [2.24, 2.45) is 5.73 Å². The molecule has 1 aromatic rings. The van der Waals surface area contributed by atoms with Gasteiger partial charge in [0.15, 0.2) is 0 Å². The first-order valence-electron chi connectivity index (χ1n) is 5.91. The molecular formula is C13H17BrN2O3. The van der Waals surface area contributed by atoms with E-state index in [0.717, 1.165) is 0 Å². The highest BCUT2D eigenvalue weighted by Gasteiger charge is 2.32. The van der Waals surface area contributed by atoms with E-state index in [4.69, 9.17) is 5.73 Å². The minimum atomic E-state index is -1.13. The number of halogens is 1. The molecule has 5 nitrogen and oxygen atoms in total. The molecule has 104 valence electrons. The zero-order valence-electron chi connectivity index (χ0n) is 10.9. The van der Waals surface area contributed by atoms with Crippen molar-refractivity contribution in [3.05, 3.63) is 28.2 Å². The van der Waals surface area contributed by atoms with E-state index in [0.29, 0.717) is 23.0 Å². The molecule has 0 heterocycles. The zero-order valence-corrected chi connectivity index (χ0v) is 12.5. The molecule has 0 spiro atoms. The van der Waals surface area contributed by atoms with Crippen molar-refractivity contribution in [3.8, 4) is 0 Å². The number of nitrogens with one attached hydrogen (secondary N) is 1. The van der Waals surface area contributed by atoms with Gasteiger partial charge in [-0.2, -0.15) is 0 Å². The third-order valence-electron chi connectivity index (χ3n) is 2.88. The molecule has 0 aliphatic carbocycles. The van der Waals surface area contributed by atoms with E-state index < -0.39 is 17.4 Å². The number of carboxylic acid groups (broad SMARTS) is 1. The molecule has 0 saturated carbocycles. The summed E-state index contributed by atoms with van der Waals surface area (Å²) in [5.41, 5.74) is 4.86. The van der Waals surface area contributed by atoms with Crippen LogP contribution in [0.15, 0.2) is 22.7 Å². The van der Waals surface area contributed by atoms with Gasteiger partial charge in [-0.05, 0) is 31.5 Å². The van der Waals surface area contributed by atoms with Crippen LogP contribution in [0.3, 0.4) is 0 Å². The lowest BCUT2D eigenvalue weighted by molar-refractivity contribution is -0.142. The Morgan fingerprint density at radius 1 is 1.47 bits per heavy atom. The van der Waals surface area contributed by atoms with Crippen molar-refractivity contribution in [1.29, 1.82) is 0 Å². The number of benzene rings is 1. The van der Waals surface area contributed by atoms with Crippen LogP contribution in [-0.2, 0) is 4.79 Å². The molecule has 1 unspecified atom stereocenters. The second kappa shape index (κ2) is 6.06. The molecule has 0 fully saturated rings. The van der Waals surface area contributed by atoms with E-state index in [9.17, 15) is 14.7 Å². The van der Waals surface area contributed by atoms with E-state index in [-0.39, 0.29) is 5.56 Å². The molecule has 19 heavy (non-hydrogen) atoms. The van der Waals surface area contributed by atoms with Gasteiger partial charge in [0.05, 0.1) is 5.56 Å². The van der Waals surface area contributed by atoms with E-state index in [1.807, 2.05) is 6.92 Å². The second-order valence-corrected chi connectivity index (χ2v) is 5.48. The Morgan fingerprint density at radius 3 is 2.58 bits per heavy atom. The average molecular weight is 329 g/mol. The summed E-state index contributed by atoms with van der Waals surface area (Å²) < 4.78 is 0.708. The zero-order chi connectivity index (χ0) is 14.6. The first-order chi connectivity index (χ1) is 8.80. The molecular weight excluding hydrogens is 312 g/mol. The number of hydrogen-bond donors (Lipinski definition) is 3. The second-order valence-electron chi connectivity index (χ2n) is 4.57. The minimum absolute atomic E-state index is 0.262.